The predicted octanol–water partition coefficient (Wildman–Crippen LogP) is 5.65. The van der Waals surface area contributed by atoms with Gasteiger partial charge in [0.15, 0.2) is 0 Å². The molecule has 38 heavy (non-hydrogen) atoms. The van der Waals surface area contributed by atoms with Crippen molar-refractivity contribution in [2.75, 3.05) is 54.9 Å². The standard InChI is InChI=1S/C30H37N5O2S/c1-6-31-30(37)24-12-17-27(28(20-24)32-21-36)22(2)29(23-10-8-7-9-11-23)33-25-13-15-26(16-14-25)35(38-5)19-18-34(3)4/h7-17,20-21,33H,6,18-19H2,1-5H3,(H,31,37)(H,32,36)/b29-22+. The number of hydrogen-bond donors (Lipinski definition) is 3. The molecule has 3 aromatic rings. The molecule has 0 saturated heterocycles. The van der Waals surface area contributed by atoms with Crippen LogP contribution in [0.2, 0.25) is 0 Å². The zero-order chi connectivity index (χ0) is 27.5. The normalized spacial score (nSPS) is 11.5. The third-order valence-electron chi connectivity index (χ3n) is 6.07. The maximum atomic E-state index is 12.4. The van der Waals surface area contributed by atoms with Crippen LogP contribution in [0.1, 0.15) is 35.3 Å². The van der Waals surface area contributed by atoms with Crippen LogP contribution in [0.3, 0.4) is 0 Å². The number of anilines is 3. The van der Waals surface area contributed by atoms with Gasteiger partial charge in [0.1, 0.15) is 0 Å². The molecular weight excluding hydrogens is 494 g/mol. The molecule has 3 N–H and O–H groups in total. The molecule has 200 valence electrons. The molecule has 8 heteroatoms. The Bertz CT molecular complexity index is 1240. The van der Waals surface area contributed by atoms with E-state index < -0.39 is 0 Å². The number of carbonyl (C=O) groups excluding carboxylic acids is 2. The first kappa shape index (κ1) is 28.8. The molecule has 0 aliphatic carbocycles. The minimum atomic E-state index is -0.180. The number of rotatable bonds is 13. The Balaban J connectivity index is 2.00. The van der Waals surface area contributed by atoms with Gasteiger partial charge in [-0.15, -0.1) is 0 Å². The summed E-state index contributed by atoms with van der Waals surface area (Å²) in [6, 6.07) is 23.8. The van der Waals surface area contributed by atoms with Crippen molar-refractivity contribution < 1.29 is 9.59 Å². The van der Waals surface area contributed by atoms with Gasteiger partial charge in [0.25, 0.3) is 5.91 Å². The lowest BCUT2D eigenvalue weighted by molar-refractivity contribution is -0.105. The molecule has 0 aliphatic rings. The molecule has 0 aliphatic heterocycles. The van der Waals surface area contributed by atoms with Crippen LogP contribution in [-0.4, -0.2) is 57.2 Å². The maximum absolute atomic E-state index is 12.4. The van der Waals surface area contributed by atoms with Crippen molar-refractivity contribution in [2.45, 2.75) is 13.8 Å². The highest BCUT2D eigenvalue weighted by molar-refractivity contribution is 7.99. The topological polar surface area (TPSA) is 76.7 Å². The molecule has 0 bridgehead atoms. The van der Waals surface area contributed by atoms with E-state index in [0.29, 0.717) is 24.2 Å². The number of benzene rings is 3. The maximum Gasteiger partial charge on any atom is 0.251 e. The summed E-state index contributed by atoms with van der Waals surface area (Å²) in [5.74, 6) is -0.180. The highest BCUT2D eigenvalue weighted by Gasteiger charge is 2.15. The number of amides is 2. The van der Waals surface area contributed by atoms with Crippen LogP contribution in [0.25, 0.3) is 11.3 Å². The summed E-state index contributed by atoms with van der Waals surface area (Å²) in [6.45, 7) is 6.31. The van der Waals surface area contributed by atoms with Gasteiger partial charge in [0.05, 0.1) is 0 Å². The van der Waals surface area contributed by atoms with E-state index in [1.165, 1.54) is 0 Å². The molecule has 7 nitrogen and oxygen atoms in total. The fourth-order valence-electron chi connectivity index (χ4n) is 4.05. The number of allylic oxidation sites excluding steroid dienone is 1. The van der Waals surface area contributed by atoms with E-state index in [4.69, 9.17) is 0 Å². The molecule has 0 saturated carbocycles. The summed E-state index contributed by atoms with van der Waals surface area (Å²) in [5, 5.41) is 9.19. The molecule has 3 aromatic carbocycles. The van der Waals surface area contributed by atoms with Crippen LogP contribution in [0.4, 0.5) is 17.1 Å². The van der Waals surface area contributed by atoms with Gasteiger partial charge in [0.2, 0.25) is 6.41 Å². The fraction of sp³-hybridized carbons (Fsp3) is 0.267. The van der Waals surface area contributed by atoms with Crippen LogP contribution in [0, 0.1) is 0 Å². The summed E-state index contributed by atoms with van der Waals surface area (Å²) in [5.41, 5.74) is 6.83. The van der Waals surface area contributed by atoms with Crippen molar-refractivity contribution in [3.8, 4) is 0 Å². The van der Waals surface area contributed by atoms with Crippen LogP contribution >= 0.6 is 11.9 Å². The Hall–Kier alpha value is -3.75. The summed E-state index contributed by atoms with van der Waals surface area (Å²) in [7, 11) is 4.16. The molecule has 0 radical (unpaired) electrons. The largest absolute Gasteiger partial charge is 0.355 e. The van der Waals surface area contributed by atoms with E-state index in [1.807, 2.05) is 50.2 Å². The van der Waals surface area contributed by atoms with Gasteiger partial charge < -0.3 is 25.2 Å². The van der Waals surface area contributed by atoms with Crippen molar-refractivity contribution in [3.05, 3.63) is 89.5 Å². The number of likely N-dealkylation sites (N-methyl/N-ethyl adjacent to an activating group) is 1. The SMILES string of the molecule is CCNC(=O)c1ccc(/C(C)=C(/Nc2ccc(N(CCN(C)C)SC)cc2)c2ccccc2)c(NC=O)c1. The Kier molecular flexibility index (Phi) is 10.8. The smallest absolute Gasteiger partial charge is 0.251 e. The van der Waals surface area contributed by atoms with Gasteiger partial charge in [-0.1, -0.05) is 48.3 Å². The van der Waals surface area contributed by atoms with E-state index in [1.54, 1.807) is 24.1 Å². The first-order chi connectivity index (χ1) is 18.4. The van der Waals surface area contributed by atoms with Gasteiger partial charge in [-0.2, -0.15) is 0 Å². The lowest BCUT2D eigenvalue weighted by Crippen LogP contribution is -2.26. The first-order valence-corrected chi connectivity index (χ1v) is 13.8. The van der Waals surface area contributed by atoms with Crippen LogP contribution in [0.5, 0.6) is 0 Å². The predicted molar refractivity (Wildman–Crippen MR) is 163 cm³/mol. The van der Waals surface area contributed by atoms with Crippen LogP contribution in [0.15, 0.2) is 72.8 Å². The highest BCUT2D eigenvalue weighted by atomic mass is 32.2. The second-order valence-electron chi connectivity index (χ2n) is 9.01. The lowest BCUT2D eigenvalue weighted by Gasteiger charge is -2.24. The van der Waals surface area contributed by atoms with Gasteiger partial charge in [-0.25, -0.2) is 0 Å². The van der Waals surface area contributed by atoms with Crippen LogP contribution in [-0.2, 0) is 4.79 Å². The van der Waals surface area contributed by atoms with Crippen LogP contribution < -0.4 is 20.3 Å². The Morgan fingerprint density at radius 1 is 0.947 bits per heavy atom. The van der Waals surface area contributed by atoms with E-state index in [-0.39, 0.29) is 5.91 Å². The summed E-state index contributed by atoms with van der Waals surface area (Å²) in [6.07, 6.45) is 2.72. The van der Waals surface area contributed by atoms with E-state index in [2.05, 4.69) is 69.8 Å². The number of carbonyl (C=O) groups is 2. The summed E-state index contributed by atoms with van der Waals surface area (Å²) >= 11 is 1.71. The summed E-state index contributed by atoms with van der Waals surface area (Å²) in [4.78, 5) is 26.0. The molecule has 2 amide bonds. The third-order valence-corrected chi connectivity index (χ3v) is 6.90. The monoisotopic (exact) mass is 531 g/mol. The van der Waals surface area contributed by atoms with Gasteiger partial charge >= 0.3 is 0 Å². The molecular formula is C30H37N5O2S. The summed E-state index contributed by atoms with van der Waals surface area (Å²) < 4.78 is 2.27. The van der Waals surface area contributed by atoms with Gasteiger partial charge in [-0.05, 0) is 75.5 Å². The molecule has 0 atom stereocenters. The second kappa shape index (κ2) is 14.3. The number of nitrogens with one attached hydrogen (secondary N) is 3. The molecule has 0 heterocycles. The fourth-order valence-corrected chi connectivity index (χ4v) is 4.65. The quantitative estimate of drug-likeness (QED) is 0.150. The van der Waals surface area contributed by atoms with Crippen molar-refractivity contribution in [1.82, 2.24) is 10.2 Å². The number of nitrogens with zero attached hydrogens (tertiary/aromatic N) is 2. The van der Waals surface area contributed by atoms with Crippen molar-refractivity contribution in [2.24, 2.45) is 0 Å². The van der Waals surface area contributed by atoms with Crippen molar-refractivity contribution >= 4 is 52.6 Å². The zero-order valence-electron chi connectivity index (χ0n) is 22.7. The van der Waals surface area contributed by atoms with Crippen molar-refractivity contribution in [3.63, 3.8) is 0 Å². The lowest BCUT2D eigenvalue weighted by atomic mass is 9.97. The molecule has 3 rings (SSSR count). The van der Waals surface area contributed by atoms with Gasteiger partial charge in [0, 0.05) is 59.8 Å². The zero-order valence-corrected chi connectivity index (χ0v) is 23.6. The first-order valence-electron chi connectivity index (χ1n) is 12.6. The van der Waals surface area contributed by atoms with E-state index in [9.17, 15) is 9.59 Å². The van der Waals surface area contributed by atoms with Gasteiger partial charge in [-0.3, -0.25) is 9.59 Å². The molecule has 0 unspecified atom stereocenters. The molecule has 0 aromatic heterocycles. The average molecular weight is 532 g/mol. The Labute approximate surface area is 230 Å². The number of hydrogen-bond acceptors (Lipinski definition) is 6. The highest BCUT2D eigenvalue weighted by Crippen LogP contribution is 2.33. The minimum Gasteiger partial charge on any atom is -0.355 e. The Morgan fingerprint density at radius 2 is 1.66 bits per heavy atom. The third kappa shape index (κ3) is 7.63. The van der Waals surface area contributed by atoms with E-state index >= 15 is 0 Å². The van der Waals surface area contributed by atoms with E-state index in [0.717, 1.165) is 46.9 Å². The average Bonchev–Trinajstić information content (AvgIpc) is 2.93. The Morgan fingerprint density at radius 3 is 2.26 bits per heavy atom. The minimum absolute atomic E-state index is 0.180. The molecule has 0 spiro atoms. The second-order valence-corrected chi connectivity index (χ2v) is 9.81. The molecule has 0 fully saturated rings. The van der Waals surface area contributed by atoms with Crippen molar-refractivity contribution in [1.29, 1.82) is 0 Å².